The second-order valence-corrected chi connectivity index (χ2v) is 7.45. The number of aromatic amines is 1. The van der Waals surface area contributed by atoms with Crippen molar-refractivity contribution in [3.63, 3.8) is 0 Å². The summed E-state index contributed by atoms with van der Waals surface area (Å²) < 4.78 is 0. The highest BCUT2D eigenvalue weighted by atomic mass is 32.2. The van der Waals surface area contributed by atoms with Crippen LogP contribution >= 0.6 is 23.1 Å². The molecule has 2 atom stereocenters. The van der Waals surface area contributed by atoms with Crippen molar-refractivity contribution in [2.45, 2.75) is 31.4 Å². The van der Waals surface area contributed by atoms with Crippen molar-refractivity contribution < 1.29 is 0 Å². The Kier molecular flexibility index (Phi) is 2.36. The molecule has 2 unspecified atom stereocenters. The van der Waals surface area contributed by atoms with Gasteiger partial charge in [-0.2, -0.15) is 11.8 Å². The van der Waals surface area contributed by atoms with Gasteiger partial charge in [0.1, 0.15) is 10.7 Å². The molecule has 5 heteroatoms. The van der Waals surface area contributed by atoms with Gasteiger partial charge in [-0.1, -0.05) is 6.92 Å². The molecular weight excluding hydrogens is 264 g/mol. The largest absolute Gasteiger partial charge is 0.310 e. The lowest BCUT2D eigenvalue weighted by Gasteiger charge is -2.09. The second-order valence-electron chi connectivity index (χ2n) is 5.26. The fraction of sp³-hybridized carbons (Fsp3) is 0.538. The summed E-state index contributed by atoms with van der Waals surface area (Å²) in [5.41, 5.74) is 1.34. The monoisotopic (exact) mass is 278 g/mol. The Labute approximate surface area is 113 Å². The Hall–Kier alpha value is -0.810. The number of H-pyrrole nitrogens is 1. The fourth-order valence-electron chi connectivity index (χ4n) is 2.73. The zero-order valence-electron chi connectivity index (χ0n) is 10.2. The van der Waals surface area contributed by atoms with Crippen LogP contribution in [0.25, 0.3) is 10.2 Å². The van der Waals surface area contributed by atoms with Gasteiger partial charge < -0.3 is 4.98 Å². The molecule has 1 aliphatic heterocycles. The second kappa shape index (κ2) is 3.84. The molecule has 1 N–H and O–H groups in total. The first-order chi connectivity index (χ1) is 8.74. The van der Waals surface area contributed by atoms with Crippen LogP contribution in [0, 0.1) is 5.92 Å². The summed E-state index contributed by atoms with van der Waals surface area (Å²) in [6.45, 7) is 2.21. The molecular formula is C13H14N2OS2. The number of thioether (sulfide) groups is 1. The minimum atomic E-state index is 0.0819. The van der Waals surface area contributed by atoms with Gasteiger partial charge in [0.25, 0.3) is 5.56 Å². The van der Waals surface area contributed by atoms with E-state index in [0.29, 0.717) is 11.8 Å². The Morgan fingerprint density at radius 2 is 2.28 bits per heavy atom. The summed E-state index contributed by atoms with van der Waals surface area (Å²) in [5.74, 6) is 4.24. The van der Waals surface area contributed by atoms with E-state index in [1.165, 1.54) is 10.4 Å². The predicted octanol–water partition coefficient (Wildman–Crippen LogP) is 2.90. The third-order valence-corrected chi connectivity index (χ3v) is 6.25. The molecule has 1 aliphatic carbocycles. The van der Waals surface area contributed by atoms with Gasteiger partial charge in [0.2, 0.25) is 0 Å². The van der Waals surface area contributed by atoms with Crippen LogP contribution in [-0.4, -0.2) is 15.7 Å². The highest BCUT2D eigenvalue weighted by molar-refractivity contribution is 7.98. The molecule has 3 heterocycles. The number of aryl methyl sites for hydroxylation is 1. The number of aromatic nitrogens is 2. The van der Waals surface area contributed by atoms with Crippen LogP contribution in [-0.2, 0) is 12.2 Å². The quantitative estimate of drug-likeness (QED) is 0.872. The van der Waals surface area contributed by atoms with Crippen molar-refractivity contribution in [3.8, 4) is 0 Å². The summed E-state index contributed by atoms with van der Waals surface area (Å²) >= 11 is 3.67. The van der Waals surface area contributed by atoms with Crippen molar-refractivity contribution in [2.24, 2.45) is 5.92 Å². The van der Waals surface area contributed by atoms with Gasteiger partial charge in [-0.05, 0) is 30.1 Å². The summed E-state index contributed by atoms with van der Waals surface area (Å²) in [5, 5.41) is 0.868. The van der Waals surface area contributed by atoms with E-state index in [2.05, 4.69) is 11.9 Å². The maximum Gasteiger partial charge on any atom is 0.259 e. The number of nitrogens with one attached hydrogen (secondary N) is 1. The lowest BCUT2D eigenvalue weighted by Crippen LogP contribution is -2.12. The maximum absolute atomic E-state index is 12.3. The molecule has 0 radical (unpaired) electrons. The number of rotatable bonds is 1. The Morgan fingerprint density at radius 1 is 1.44 bits per heavy atom. The summed E-state index contributed by atoms with van der Waals surface area (Å²) in [6, 6.07) is 0. The number of fused-ring (bicyclic) bond motifs is 3. The Balaban J connectivity index is 1.94. The van der Waals surface area contributed by atoms with Crippen molar-refractivity contribution in [1.29, 1.82) is 0 Å². The standard InChI is InChI=1S/C13H14N2OS2/c1-6-4-8(6)11-14-12(16)10-7-2-3-17-5-9(7)18-13(10)15-11/h6,8H,2-5H2,1H3,(H,14,15,16). The molecule has 2 aromatic heterocycles. The molecule has 0 aromatic carbocycles. The molecule has 2 aliphatic rings. The Bertz CT molecular complexity index is 688. The molecule has 94 valence electrons. The molecule has 2 aromatic rings. The zero-order valence-corrected chi connectivity index (χ0v) is 11.8. The number of hydrogen-bond donors (Lipinski definition) is 1. The molecule has 4 rings (SSSR count). The first kappa shape index (κ1) is 11.1. The molecule has 0 amide bonds. The van der Waals surface area contributed by atoms with E-state index in [1.807, 2.05) is 11.8 Å². The third-order valence-electron chi connectivity index (χ3n) is 3.95. The van der Waals surface area contributed by atoms with E-state index in [1.54, 1.807) is 11.3 Å². The van der Waals surface area contributed by atoms with Crippen molar-refractivity contribution in [1.82, 2.24) is 9.97 Å². The first-order valence-corrected chi connectivity index (χ1v) is 8.33. The molecule has 0 bridgehead atoms. The van der Waals surface area contributed by atoms with E-state index < -0.39 is 0 Å². The minimum absolute atomic E-state index is 0.0819. The number of thiophene rings is 1. The van der Waals surface area contributed by atoms with Crippen LogP contribution in [0.4, 0.5) is 0 Å². The SMILES string of the molecule is CC1CC1c1nc2sc3c(c2c(=O)[nH]1)CCSC3. The van der Waals surface area contributed by atoms with Gasteiger partial charge in [-0.25, -0.2) is 4.98 Å². The molecule has 18 heavy (non-hydrogen) atoms. The van der Waals surface area contributed by atoms with E-state index in [0.717, 1.165) is 40.4 Å². The highest BCUT2D eigenvalue weighted by Crippen LogP contribution is 2.45. The zero-order chi connectivity index (χ0) is 12.3. The van der Waals surface area contributed by atoms with Gasteiger partial charge in [0.15, 0.2) is 0 Å². The first-order valence-electron chi connectivity index (χ1n) is 6.36. The smallest absolute Gasteiger partial charge is 0.259 e. The summed E-state index contributed by atoms with van der Waals surface area (Å²) in [6.07, 6.45) is 2.18. The van der Waals surface area contributed by atoms with E-state index in [9.17, 15) is 4.79 Å². The minimum Gasteiger partial charge on any atom is -0.310 e. The number of nitrogens with zero attached hydrogens (tertiary/aromatic N) is 1. The summed E-state index contributed by atoms with van der Waals surface area (Å²) in [7, 11) is 0. The Morgan fingerprint density at radius 3 is 3.06 bits per heavy atom. The maximum atomic E-state index is 12.3. The fourth-order valence-corrected chi connectivity index (χ4v) is 5.09. The van der Waals surface area contributed by atoms with Crippen LogP contribution in [0.2, 0.25) is 0 Å². The summed E-state index contributed by atoms with van der Waals surface area (Å²) in [4.78, 5) is 22.3. The van der Waals surface area contributed by atoms with E-state index in [4.69, 9.17) is 4.98 Å². The number of hydrogen-bond acceptors (Lipinski definition) is 4. The van der Waals surface area contributed by atoms with Crippen molar-refractivity contribution in [2.75, 3.05) is 5.75 Å². The van der Waals surface area contributed by atoms with E-state index in [-0.39, 0.29) is 5.56 Å². The average Bonchev–Trinajstić information content (AvgIpc) is 2.97. The predicted molar refractivity (Wildman–Crippen MR) is 76.6 cm³/mol. The lowest BCUT2D eigenvalue weighted by atomic mass is 10.1. The van der Waals surface area contributed by atoms with Crippen LogP contribution in [0.15, 0.2) is 4.79 Å². The van der Waals surface area contributed by atoms with Crippen molar-refractivity contribution in [3.05, 3.63) is 26.6 Å². The molecule has 3 nitrogen and oxygen atoms in total. The van der Waals surface area contributed by atoms with E-state index >= 15 is 0 Å². The topological polar surface area (TPSA) is 45.8 Å². The molecule has 0 spiro atoms. The average molecular weight is 278 g/mol. The van der Waals surface area contributed by atoms with Crippen LogP contribution in [0.3, 0.4) is 0 Å². The van der Waals surface area contributed by atoms with Crippen molar-refractivity contribution >= 4 is 33.3 Å². The van der Waals surface area contributed by atoms with Crippen LogP contribution in [0.1, 0.15) is 35.5 Å². The van der Waals surface area contributed by atoms with Gasteiger partial charge in [-0.15, -0.1) is 11.3 Å². The molecule has 0 saturated heterocycles. The normalized spacial score (nSPS) is 26.3. The van der Waals surface area contributed by atoms with Crippen LogP contribution in [0.5, 0.6) is 0 Å². The highest BCUT2D eigenvalue weighted by Gasteiger charge is 2.36. The van der Waals surface area contributed by atoms with Gasteiger partial charge in [0, 0.05) is 16.5 Å². The van der Waals surface area contributed by atoms with Gasteiger partial charge in [0.05, 0.1) is 5.39 Å². The van der Waals surface area contributed by atoms with Crippen LogP contribution < -0.4 is 5.56 Å². The molecule has 1 fully saturated rings. The lowest BCUT2D eigenvalue weighted by molar-refractivity contribution is 0.845. The molecule has 1 saturated carbocycles. The van der Waals surface area contributed by atoms with Gasteiger partial charge in [-0.3, -0.25) is 4.79 Å². The third kappa shape index (κ3) is 1.57. The van der Waals surface area contributed by atoms with Gasteiger partial charge >= 0.3 is 0 Å².